The highest BCUT2D eigenvalue weighted by atomic mass is 19.4. The third-order valence-electron chi connectivity index (χ3n) is 2.90. The van der Waals surface area contributed by atoms with Crippen LogP contribution in [0, 0.1) is 0 Å². The summed E-state index contributed by atoms with van der Waals surface area (Å²) < 4.78 is 44.7. The van der Waals surface area contributed by atoms with Crippen molar-refractivity contribution in [3.05, 3.63) is 29.8 Å². The highest BCUT2D eigenvalue weighted by Crippen LogP contribution is 2.23. The normalized spacial score (nSPS) is 15.8. The topological polar surface area (TPSA) is 64.6 Å². The fraction of sp³-hybridized carbons (Fsp3) is 0.429. The minimum absolute atomic E-state index is 0.0283. The standard InChI is InChI=1S/C14H14F3NO4/c1-8(12(19)18-10-4-5-10)21-13(20)9-2-6-11(7-3-9)22-14(15,16)17/h2-3,6-8,10H,4-5H2,1H3,(H,18,19). The summed E-state index contributed by atoms with van der Waals surface area (Å²) in [6, 6.07) is 4.41. The summed E-state index contributed by atoms with van der Waals surface area (Å²) in [7, 11) is 0. The molecule has 1 amide bonds. The van der Waals surface area contributed by atoms with Gasteiger partial charge < -0.3 is 14.8 Å². The van der Waals surface area contributed by atoms with Crippen LogP contribution < -0.4 is 10.1 Å². The van der Waals surface area contributed by atoms with E-state index in [9.17, 15) is 22.8 Å². The van der Waals surface area contributed by atoms with Crippen LogP contribution in [0.4, 0.5) is 13.2 Å². The molecule has 0 aromatic heterocycles. The number of carbonyl (C=O) groups is 2. The van der Waals surface area contributed by atoms with Gasteiger partial charge in [-0.2, -0.15) is 0 Å². The van der Waals surface area contributed by atoms with Crippen LogP contribution in [-0.4, -0.2) is 30.4 Å². The van der Waals surface area contributed by atoms with E-state index in [4.69, 9.17) is 4.74 Å². The number of halogens is 3. The Morgan fingerprint density at radius 2 is 1.82 bits per heavy atom. The highest BCUT2D eigenvalue weighted by molar-refractivity contribution is 5.92. The lowest BCUT2D eigenvalue weighted by Crippen LogP contribution is -2.37. The Kier molecular flexibility index (Phi) is 4.58. The van der Waals surface area contributed by atoms with Gasteiger partial charge in [0, 0.05) is 6.04 Å². The SMILES string of the molecule is CC(OC(=O)c1ccc(OC(F)(F)F)cc1)C(=O)NC1CC1. The van der Waals surface area contributed by atoms with E-state index in [1.165, 1.54) is 6.92 Å². The molecule has 1 fully saturated rings. The number of nitrogens with one attached hydrogen (secondary N) is 1. The molecular formula is C14H14F3NO4. The predicted octanol–water partition coefficient (Wildman–Crippen LogP) is 2.41. The second-order valence-corrected chi connectivity index (χ2v) is 4.90. The van der Waals surface area contributed by atoms with E-state index in [-0.39, 0.29) is 11.6 Å². The van der Waals surface area contributed by atoms with E-state index in [0.717, 1.165) is 37.1 Å². The van der Waals surface area contributed by atoms with Crippen LogP contribution in [-0.2, 0) is 9.53 Å². The molecule has 1 atom stereocenters. The molecule has 0 saturated heterocycles. The van der Waals surface area contributed by atoms with Gasteiger partial charge in [-0.25, -0.2) is 4.79 Å². The zero-order chi connectivity index (χ0) is 16.3. The number of ether oxygens (including phenoxy) is 2. The van der Waals surface area contributed by atoms with Crippen molar-refractivity contribution in [2.45, 2.75) is 38.3 Å². The van der Waals surface area contributed by atoms with Crippen molar-refractivity contribution in [1.29, 1.82) is 0 Å². The number of alkyl halides is 3. The largest absolute Gasteiger partial charge is 0.573 e. The lowest BCUT2D eigenvalue weighted by Gasteiger charge is -2.13. The van der Waals surface area contributed by atoms with Crippen LogP contribution in [0.2, 0.25) is 0 Å². The zero-order valence-corrected chi connectivity index (χ0v) is 11.6. The van der Waals surface area contributed by atoms with Gasteiger partial charge in [0.1, 0.15) is 5.75 Å². The van der Waals surface area contributed by atoms with Crippen LogP contribution in [0.25, 0.3) is 0 Å². The molecule has 120 valence electrons. The van der Waals surface area contributed by atoms with Crippen molar-refractivity contribution >= 4 is 11.9 Å². The summed E-state index contributed by atoms with van der Waals surface area (Å²) in [6.45, 7) is 1.43. The van der Waals surface area contributed by atoms with Crippen molar-refractivity contribution < 1.29 is 32.2 Å². The van der Waals surface area contributed by atoms with E-state index in [2.05, 4.69) is 10.1 Å². The predicted molar refractivity (Wildman–Crippen MR) is 69.2 cm³/mol. The molecule has 0 aliphatic heterocycles. The summed E-state index contributed by atoms with van der Waals surface area (Å²) in [5.41, 5.74) is 0.0283. The molecule has 0 spiro atoms. The van der Waals surface area contributed by atoms with E-state index < -0.39 is 30.1 Å². The molecule has 1 aliphatic rings. The first-order valence-corrected chi connectivity index (χ1v) is 6.62. The smallest absolute Gasteiger partial charge is 0.449 e. The Morgan fingerprint density at radius 3 is 2.32 bits per heavy atom. The number of hydrogen-bond acceptors (Lipinski definition) is 4. The number of hydrogen-bond donors (Lipinski definition) is 1. The quantitative estimate of drug-likeness (QED) is 0.847. The van der Waals surface area contributed by atoms with Gasteiger partial charge in [-0.3, -0.25) is 4.79 Å². The van der Waals surface area contributed by atoms with Gasteiger partial charge in [-0.15, -0.1) is 13.2 Å². The Bertz CT molecular complexity index is 552. The monoisotopic (exact) mass is 317 g/mol. The van der Waals surface area contributed by atoms with Crippen molar-refractivity contribution in [2.24, 2.45) is 0 Å². The molecule has 0 bridgehead atoms. The number of carbonyl (C=O) groups excluding carboxylic acids is 2. The molecule has 1 aliphatic carbocycles. The van der Waals surface area contributed by atoms with E-state index >= 15 is 0 Å². The summed E-state index contributed by atoms with van der Waals surface area (Å²) >= 11 is 0. The minimum atomic E-state index is -4.79. The second kappa shape index (κ2) is 6.25. The molecule has 5 nitrogen and oxygen atoms in total. The highest BCUT2D eigenvalue weighted by Gasteiger charge is 2.31. The van der Waals surface area contributed by atoms with E-state index in [1.54, 1.807) is 0 Å². The van der Waals surface area contributed by atoms with Crippen LogP contribution in [0.1, 0.15) is 30.1 Å². The Labute approximate surface area is 124 Å². The first-order valence-electron chi connectivity index (χ1n) is 6.62. The fourth-order valence-electron chi connectivity index (χ4n) is 1.62. The zero-order valence-electron chi connectivity index (χ0n) is 11.6. The van der Waals surface area contributed by atoms with Gasteiger partial charge in [0.25, 0.3) is 5.91 Å². The van der Waals surface area contributed by atoms with Gasteiger partial charge in [0.05, 0.1) is 5.56 Å². The van der Waals surface area contributed by atoms with Gasteiger partial charge in [-0.1, -0.05) is 0 Å². The number of esters is 1. The number of amides is 1. The lowest BCUT2D eigenvalue weighted by atomic mass is 10.2. The molecule has 1 N–H and O–H groups in total. The average Bonchev–Trinajstić information content (AvgIpc) is 3.21. The summed E-state index contributed by atoms with van der Waals surface area (Å²) in [5, 5.41) is 2.68. The maximum Gasteiger partial charge on any atom is 0.573 e. The molecule has 22 heavy (non-hydrogen) atoms. The molecule has 2 rings (SSSR count). The summed E-state index contributed by atoms with van der Waals surface area (Å²) in [5.74, 6) is -1.63. The van der Waals surface area contributed by atoms with Crippen LogP contribution >= 0.6 is 0 Å². The number of rotatable bonds is 5. The summed E-state index contributed by atoms with van der Waals surface area (Å²) in [4.78, 5) is 23.4. The Hall–Kier alpha value is -2.25. The van der Waals surface area contributed by atoms with Crippen molar-refractivity contribution in [3.8, 4) is 5.75 Å². The Morgan fingerprint density at radius 1 is 1.23 bits per heavy atom. The Balaban J connectivity index is 1.90. The molecular weight excluding hydrogens is 303 g/mol. The van der Waals surface area contributed by atoms with Crippen molar-refractivity contribution in [2.75, 3.05) is 0 Å². The van der Waals surface area contributed by atoms with Gasteiger partial charge in [0.15, 0.2) is 6.10 Å². The fourth-order valence-corrected chi connectivity index (χ4v) is 1.62. The molecule has 0 heterocycles. The van der Waals surface area contributed by atoms with E-state index in [0.29, 0.717) is 0 Å². The van der Waals surface area contributed by atoms with Crippen molar-refractivity contribution in [1.82, 2.24) is 5.32 Å². The lowest BCUT2D eigenvalue weighted by molar-refractivity contribution is -0.274. The molecule has 1 aromatic carbocycles. The van der Waals surface area contributed by atoms with Crippen LogP contribution in [0.5, 0.6) is 5.75 Å². The molecule has 0 radical (unpaired) electrons. The second-order valence-electron chi connectivity index (χ2n) is 4.90. The van der Waals surface area contributed by atoms with Crippen molar-refractivity contribution in [3.63, 3.8) is 0 Å². The summed E-state index contributed by atoms with van der Waals surface area (Å²) in [6.07, 6.45) is -3.95. The first kappa shape index (κ1) is 16.1. The maximum absolute atomic E-state index is 12.0. The molecule has 1 aromatic rings. The number of benzene rings is 1. The first-order chi connectivity index (χ1) is 10.2. The van der Waals surface area contributed by atoms with Gasteiger partial charge in [0.2, 0.25) is 0 Å². The third-order valence-corrected chi connectivity index (χ3v) is 2.90. The van der Waals surface area contributed by atoms with Crippen LogP contribution in [0.15, 0.2) is 24.3 Å². The molecule has 8 heteroatoms. The maximum atomic E-state index is 12.0. The minimum Gasteiger partial charge on any atom is -0.449 e. The third kappa shape index (κ3) is 4.94. The van der Waals surface area contributed by atoms with Gasteiger partial charge >= 0.3 is 12.3 Å². The average molecular weight is 317 g/mol. The van der Waals surface area contributed by atoms with Crippen LogP contribution in [0.3, 0.4) is 0 Å². The molecule has 1 saturated carbocycles. The van der Waals surface area contributed by atoms with Gasteiger partial charge in [-0.05, 0) is 44.0 Å². The molecule has 1 unspecified atom stereocenters. The van der Waals surface area contributed by atoms with E-state index in [1.807, 2.05) is 0 Å².